The third-order valence-electron chi connectivity index (χ3n) is 3.28. The van der Waals surface area contributed by atoms with E-state index in [0.29, 0.717) is 6.54 Å². The lowest BCUT2D eigenvalue weighted by molar-refractivity contribution is 0.121. The van der Waals surface area contributed by atoms with Crippen LogP contribution in [0.15, 0.2) is 54.6 Å². The summed E-state index contributed by atoms with van der Waals surface area (Å²) in [5, 5.41) is 10.4. The molecular weight excluding hydrogens is 250 g/mol. The van der Waals surface area contributed by atoms with Crippen molar-refractivity contribution in [1.82, 2.24) is 4.90 Å². The Hall–Kier alpha value is -1.84. The lowest BCUT2D eigenvalue weighted by Crippen LogP contribution is -2.24. The van der Waals surface area contributed by atoms with Crippen LogP contribution in [0, 0.1) is 0 Å². The Morgan fingerprint density at radius 2 is 1.70 bits per heavy atom. The number of nitrogens with zero attached hydrogens (tertiary/aromatic N) is 1. The van der Waals surface area contributed by atoms with Gasteiger partial charge in [-0.25, -0.2) is 0 Å². The summed E-state index contributed by atoms with van der Waals surface area (Å²) in [7, 11) is 3.63. The molecule has 20 heavy (non-hydrogen) atoms. The third-order valence-corrected chi connectivity index (χ3v) is 3.28. The summed E-state index contributed by atoms with van der Waals surface area (Å²) in [5.74, 6) is 0.730. The maximum absolute atomic E-state index is 10.4. The molecule has 0 amide bonds. The third kappa shape index (κ3) is 3.83. The minimum Gasteiger partial charge on any atom is -0.496 e. The summed E-state index contributed by atoms with van der Waals surface area (Å²) >= 11 is 0. The standard InChI is InChI=1S/C17H21NO2/c1-18(12-14-8-4-3-5-9-14)13-16(19)15-10-6-7-11-17(15)20-2/h3-11,16,19H,12-13H2,1-2H3/t16-/m0/s1. The first-order valence-corrected chi connectivity index (χ1v) is 6.74. The highest BCUT2D eigenvalue weighted by atomic mass is 16.5. The number of hydrogen-bond acceptors (Lipinski definition) is 3. The fraction of sp³-hybridized carbons (Fsp3) is 0.294. The van der Waals surface area contributed by atoms with Crippen LogP contribution >= 0.6 is 0 Å². The molecule has 2 aromatic carbocycles. The van der Waals surface area contributed by atoms with E-state index in [4.69, 9.17) is 4.74 Å². The molecule has 106 valence electrons. The summed E-state index contributed by atoms with van der Waals surface area (Å²) in [5.41, 5.74) is 2.07. The average molecular weight is 271 g/mol. The zero-order valence-electron chi connectivity index (χ0n) is 12.0. The molecule has 0 radical (unpaired) electrons. The summed E-state index contributed by atoms with van der Waals surface area (Å²) in [6.07, 6.45) is -0.556. The summed E-state index contributed by atoms with van der Waals surface area (Å²) in [6.45, 7) is 1.38. The van der Waals surface area contributed by atoms with E-state index in [1.54, 1.807) is 7.11 Å². The van der Waals surface area contributed by atoms with Crippen molar-refractivity contribution in [2.45, 2.75) is 12.6 Å². The van der Waals surface area contributed by atoms with Gasteiger partial charge in [0.05, 0.1) is 13.2 Å². The molecule has 0 aliphatic carbocycles. The van der Waals surface area contributed by atoms with E-state index < -0.39 is 6.10 Å². The lowest BCUT2D eigenvalue weighted by Gasteiger charge is -2.22. The number of aliphatic hydroxyl groups excluding tert-OH is 1. The molecule has 0 unspecified atom stereocenters. The first-order valence-electron chi connectivity index (χ1n) is 6.74. The van der Waals surface area contributed by atoms with Gasteiger partial charge in [0.2, 0.25) is 0 Å². The number of aliphatic hydroxyl groups is 1. The number of para-hydroxylation sites is 1. The SMILES string of the molecule is COc1ccccc1[C@@H](O)CN(C)Cc1ccccc1. The van der Waals surface area contributed by atoms with Gasteiger partial charge in [-0.2, -0.15) is 0 Å². The fourth-order valence-corrected chi connectivity index (χ4v) is 2.29. The number of rotatable bonds is 6. The molecule has 3 heteroatoms. The summed E-state index contributed by atoms with van der Waals surface area (Å²) < 4.78 is 5.29. The molecule has 2 aromatic rings. The quantitative estimate of drug-likeness (QED) is 0.877. The Bertz CT molecular complexity index is 528. The molecule has 2 rings (SSSR count). The second-order valence-electron chi connectivity index (χ2n) is 4.94. The number of likely N-dealkylation sites (N-methyl/N-ethyl adjacent to an activating group) is 1. The van der Waals surface area contributed by atoms with E-state index >= 15 is 0 Å². The highest BCUT2D eigenvalue weighted by molar-refractivity contribution is 5.35. The Labute approximate surface area is 120 Å². The van der Waals surface area contributed by atoms with Crippen molar-refractivity contribution in [3.05, 3.63) is 65.7 Å². The molecular formula is C17H21NO2. The number of ether oxygens (including phenoxy) is 1. The summed E-state index contributed by atoms with van der Waals surface area (Å²) in [6, 6.07) is 17.8. The first kappa shape index (κ1) is 14.6. The van der Waals surface area contributed by atoms with Gasteiger partial charge >= 0.3 is 0 Å². The van der Waals surface area contributed by atoms with Gasteiger partial charge in [-0.15, -0.1) is 0 Å². The van der Waals surface area contributed by atoms with Crippen LogP contribution < -0.4 is 4.74 Å². The average Bonchev–Trinajstić information content (AvgIpc) is 2.48. The largest absolute Gasteiger partial charge is 0.496 e. The molecule has 0 aromatic heterocycles. The topological polar surface area (TPSA) is 32.7 Å². The van der Waals surface area contributed by atoms with E-state index in [0.717, 1.165) is 17.9 Å². The van der Waals surface area contributed by atoms with Gasteiger partial charge in [0.1, 0.15) is 5.75 Å². The zero-order chi connectivity index (χ0) is 14.4. The van der Waals surface area contributed by atoms with E-state index in [1.807, 2.05) is 49.5 Å². The van der Waals surface area contributed by atoms with Crippen LogP contribution in [0.2, 0.25) is 0 Å². The highest BCUT2D eigenvalue weighted by Crippen LogP contribution is 2.25. The molecule has 0 spiro atoms. The van der Waals surface area contributed by atoms with Crippen LogP contribution in [-0.2, 0) is 6.54 Å². The minimum absolute atomic E-state index is 0.556. The van der Waals surface area contributed by atoms with Crippen LogP contribution in [-0.4, -0.2) is 30.7 Å². The van der Waals surface area contributed by atoms with Gasteiger partial charge in [-0.1, -0.05) is 48.5 Å². The van der Waals surface area contributed by atoms with Crippen molar-refractivity contribution in [3.8, 4) is 5.75 Å². The van der Waals surface area contributed by atoms with Gasteiger partial charge in [0.25, 0.3) is 0 Å². The van der Waals surface area contributed by atoms with Gasteiger partial charge in [0, 0.05) is 18.7 Å². The zero-order valence-corrected chi connectivity index (χ0v) is 12.0. The Morgan fingerprint density at radius 1 is 1.05 bits per heavy atom. The van der Waals surface area contributed by atoms with Crippen molar-refractivity contribution in [1.29, 1.82) is 0 Å². The van der Waals surface area contributed by atoms with Crippen molar-refractivity contribution in [3.63, 3.8) is 0 Å². The van der Waals surface area contributed by atoms with E-state index in [9.17, 15) is 5.11 Å². The molecule has 0 bridgehead atoms. The second-order valence-corrected chi connectivity index (χ2v) is 4.94. The molecule has 0 aliphatic heterocycles. The molecule has 1 N–H and O–H groups in total. The van der Waals surface area contributed by atoms with Crippen LogP contribution in [0.25, 0.3) is 0 Å². The molecule has 0 aliphatic rings. The fourth-order valence-electron chi connectivity index (χ4n) is 2.29. The van der Waals surface area contributed by atoms with Crippen LogP contribution in [0.3, 0.4) is 0 Å². The van der Waals surface area contributed by atoms with Gasteiger partial charge in [0.15, 0.2) is 0 Å². The Balaban J connectivity index is 1.98. The first-order chi connectivity index (χ1) is 9.70. The number of hydrogen-bond donors (Lipinski definition) is 1. The molecule has 0 saturated carbocycles. The maximum Gasteiger partial charge on any atom is 0.124 e. The maximum atomic E-state index is 10.4. The predicted octanol–water partition coefficient (Wildman–Crippen LogP) is 2.86. The van der Waals surface area contributed by atoms with Crippen molar-refractivity contribution < 1.29 is 9.84 Å². The van der Waals surface area contributed by atoms with E-state index in [1.165, 1.54) is 5.56 Å². The Morgan fingerprint density at radius 3 is 2.40 bits per heavy atom. The monoisotopic (exact) mass is 271 g/mol. The van der Waals surface area contributed by atoms with Crippen LogP contribution in [0.4, 0.5) is 0 Å². The molecule has 1 atom stereocenters. The summed E-state index contributed by atoms with van der Waals surface area (Å²) in [4.78, 5) is 2.10. The number of benzene rings is 2. The van der Waals surface area contributed by atoms with Crippen LogP contribution in [0.1, 0.15) is 17.2 Å². The van der Waals surface area contributed by atoms with Gasteiger partial charge < -0.3 is 9.84 Å². The van der Waals surface area contributed by atoms with Crippen molar-refractivity contribution in [2.24, 2.45) is 0 Å². The minimum atomic E-state index is -0.556. The normalized spacial score (nSPS) is 12.4. The van der Waals surface area contributed by atoms with Crippen molar-refractivity contribution >= 4 is 0 Å². The van der Waals surface area contributed by atoms with E-state index in [-0.39, 0.29) is 0 Å². The molecule has 0 saturated heterocycles. The predicted molar refractivity (Wildman–Crippen MR) is 80.7 cm³/mol. The van der Waals surface area contributed by atoms with Gasteiger partial charge in [-0.3, -0.25) is 4.90 Å². The van der Waals surface area contributed by atoms with Crippen LogP contribution in [0.5, 0.6) is 5.75 Å². The second kappa shape index (κ2) is 7.08. The molecule has 0 fully saturated rings. The van der Waals surface area contributed by atoms with Crippen molar-refractivity contribution in [2.75, 3.05) is 20.7 Å². The lowest BCUT2D eigenvalue weighted by atomic mass is 10.1. The smallest absolute Gasteiger partial charge is 0.124 e. The van der Waals surface area contributed by atoms with Gasteiger partial charge in [-0.05, 0) is 18.7 Å². The molecule has 0 heterocycles. The number of methoxy groups -OCH3 is 1. The Kier molecular flexibility index (Phi) is 5.16. The van der Waals surface area contributed by atoms with E-state index in [2.05, 4.69) is 17.0 Å². The molecule has 3 nitrogen and oxygen atoms in total. The highest BCUT2D eigenvalue weighted by Gasteiger charge is 2.14.